The van der Waals surface area contributed by atoms with Crippen LogP contribution in [-0.2, 0) is 11.2 Å². The van der Waals surface area contributed by atoms with Crippen molar-refractivity contribution in [3.63, 3.8) is 0 Å². The fourth-order valence-electron chi connectivity index (χ4n) is 1.61. The number of carboxylic acids is 1. The van der Waals surface area contributed by atoms with E-state index in [0.29, 0.717) is 6.42 Å². The smallest absolute Gasteiger partial charge is 0.303 e. The van der Waals surface area contributed by atoms with Crippen LogP contribution in [0.2, 0.25) is 5.02 Å². The lowest BCUT2D eigenvalue weighted by molar-refractivity contribution is -0.137. The Hall–Kier alpha value is -1.02. The first-order valence-corrected chi connectivity index (χ1v) is 6.02. The minimum absolute atomic E-state index is 0.293. The zero-order valence-electron chi connectivity index (χ0n) is 9.29. The van der Waals surface area contributed by atoms with Crippen molar-refractivity contribution in [1.29, 1.82) is 0 Å². The van der Waals surface area contributed by atoms with Gasteiger partial charge in [0.15, 0.2) is 0 Å². The average Bonchev–Trinajstić information content (AvgIpc) is 2.25. The topological polar surface area (TPSA) is 37.3 Å². The lowest BCUT2D eigenvalue weighted by Gasteiger charge is -2.01. The highest BCUT2D eigenvalue weighted by Crippen LogP contribution is 2.12. The van der Waals surface area contributed by atoms with Crippen LogP contribution in [0.15, 0.2) is 24.3 Å². The number of hydrogen-bond acceptors (Lipinski definition) is 1. The summed E-state index contributed by atoms with van der Waals surface area (Å²) in [5, 5.41) is 9.23. The molecule has 0 aliphatic heterocycles. The Morgan fingerprint density at radius 2 is 1.69 bits per heavy atom. The number of rotatable bonds is 7. The summed E-state index contributed by atoms with van der Waals surface area (Å²) in [6.07, 6.45) is 5.33. The number of carbonyl (C=O) groups is 1. The van der Waals surface area contributed by atoms with Gasteiger partial charge in [-0.25, -0.2) is 0 Å². The van der Waals surface area contributed by atoms with Gasteiger partial charge in [-0.1, -0.05) is 36.6 Å². The predicted molar refractivity (Wildman–Crippen MR) is 65.9 cm³/mol. The molecule has 16 heavy (non-hydrogen) atoms. The van der Waals surface area contributed by atoms with Gasteiger partial charge in [0.25, 0.3) is 0 Å². The molecular weight excluding hydrogens is 224 g/mol. The molecule has 0 aliphatic rings. The van der Waals surface area contributed by atoms with Crippen LogP contribution in [0.4, 0.5) is 0 Å². The van der Waals surface area contributed by atoms with Crippen LogP contribution in [-0.4, -0.2) is 11.1 Å². The first kappa shape index (κ1) is 13.0. The molecule has 2 nitrogen and oxygen atoms in total. The zero-order valence-corrected chi connectivity index (χ0v) is 10.0. The van der Waals surface area contributed by atoms with E-state index in [0.717, 1.165) is 37.1 Å². The Labute approximate surface area is 101 Å². The fraction of sp³-hybridized carbons (Fsp3) is 0.462. The Kier molecular flexibility index (Phi) is 5.94. The lowest BCUT2D eigenvalue weighted by atomic mass is 10.1. The SMILES string of the molecule is O=C(O)CCCCCCc1ccc(Cl)cc1. The van der Waals surface area contributed by atoms with E-state index in [1.54, 1.807) is 0 Å². The maximum absolute atomic E-state index is 10.3. The molecule has 0 heterocycles. The molecule has 0 atom stereocenters. The Morgan fingerprint density at radius 3 is 2.31 bits per heavy atom. The van der Waals surface area contributed by atoms with E-state index < -0.39 is 5.97 Å². The van der Waals surface area contributed by atoms with Crippen LogP contribution in [0.3, 0.4) is 0 Å². The minimum Gasteiger partial charge on any atom is -0.481 e. The van der Waals surface area contributed by atoms with Crippen LogP contribution in [0.1, 0.15) is 37.7 Å². The normalized spacial score (nSPS) is 10.3. The van der Waals surface area contributed by atoms with E-state index in [9.17, 15) is 4.79 Å². The number of benzene rings is 1. The molecule has 0 spiro atoms. The number of aliphatic carboxylic acids is 1. The summed E-state index contributed by atoms with van der Waals surface area (Å²) < 4.78 is 0. The first-order chi connectivity index (χ1) is 7.68. The van der Waals surface area contributed by atoms with E-state index in [1.807, 2.05) is 24.3 Å². The van der Waals surface area contributed by atoms with Crippen molar-refractivity contribution in [3.05, 3.63) is 34.9 Å². The first-order valence-electron chi connectivity index (χ1n) is 5.65. The molecule has 0 radical (unpaired) electrons. The molecule has 3 heteroatoms. The third kappa shape index (κ3) is 5.76. The molecule has 1 aromatic carbocycles. The average molecular weight is 241 g/mol. The molecule has 0 aromatic heterocycles. The number of unbranched alkanes of at least 4 members (excludes halogenated alkanes) is 3. The molecule has 88 valence electrons. The summed E-state index contributed by atoms with van der Waals surface area (Å²) in [6, 6.07) is 7.89. The molecule has 1 N–H and O–H groups in total. The van der Waals surface area contributed by atoms with Crippen LogP contribution < -0.4 is 0 Å². The second-order valence-corrected chi connectivity index (χ2v) is 4.37. The van der Waals surface area contributed by atoms with Crippen molar-refractivity contribution in [2.45, 2.75) is 38.5 Å². The van der Waals surface area contributed by atoms with Crippen molar-refractivity contribution in [2.75, 3.05) is 0 Å². The van der Waals surface area contributed by atoms with Crippen LogP contribution in [0.25, 0.3) is 0 Å². The molecule has 0 fully saturated rings. The van der Waals surface area contributed by atoms with Gasteiger partial charge in [0.05, 0.1) is 0 Å². The second kappa shape index (κ2) is 7.29. The zero-order chi connectivity index (χ0) is 11.8. The Balaban J connectivity index is 2.07. The van der Waals surface area contributed by atoms with E-state index >= 15 is 0 Å². The van der Waals surface area contributed by atoms with Gasteiger partial charge < -0.3 is 5.11 Å². The molecule has 0 unspecified atom stereocenters. The fourth-order valence-corrected chi connectivity index (χ4v) is 1.74. The summed E-state index contributed by atoms with van der Waals surface area (Å²) in [5.41, 5.74) is 1.29. The molecule has 1 rings (SSSR count). The van der Waals surface area contributed by atoms with Gasteiger partial charge in [0, 0.05) is 11.4 Å². The minimum atomic E-state index is -0.697. The van der Waals surface area contributed by atoms with Gasteiger partial charge in [-0.05, 0) is 37.0 Å². The number of hydrogen-bond donors (Lipinski definition) is 1. The van der Waals surface area contributed by atoms with E-state index in [-0.39, 0.29) is 0 Å². The summed E-state index contributed by atoms with van der Waals surface area (Å²) in [7, 11) is 0. The Morgan fingerprint density at radius 1 is 1.06 bits per heavy atom. The van der Waals surface area contributed by atoms with E-state index in [1.165, 1.54) is 5.56 Å². The summed E-state index contributed by atoms with van der Waals surface area (Å²) in [6.45, 7) is 0. The quantitative estimate of drug-likeness (QED) is 0.734. The van der Waals surface area contributed by atoms with Gasteiger partial charge in [-0.15, -0.1) is 0 Å². The van der Waals surface area contributed by atoms with Gasteiger partial charge in [-0.3, -0.25) is 4.79 Å². The van der Waals surface area contributed by atoms with Crippen molar-refractivity contribution >= 4 is 17.6 Å². The lowest BCUT2D eigenvalue weighted by Crippen LogP contribution is -1.93. The third-order valence-corrected chi connectivity index (χ3v) is 2.77. The monoisotopic (exact) mass is 240 g/mol. The molecule has 0 aliphatic carbocycles. The highest BCUT2D eigenvalue weighted by molar-refractivity contribution is 6.30. The standard InChI is InChI=1S/C13H17ClO2/c14-12-9-7-11(8-10-12)5-3-1-2-4-6-13(15)16/h7-10H,1-6H2,(H,15,16). The summed E-state index contributed by atoms with van der Waals surface area (Å²) in [5.74, 6) is -0.697. The molecule has 0 saturated heterocycles. The number of halogens is 1. The van der Waals surface area contributed by atoms with E-state index in [4.69, 9.17) is 16.7 Å². The highest BCUT2D eigenvalue weighted by atomic mass is 35.5. The van der Waals surface area contributed by atoms with Crippen molar-refractivity contribution in [2.24, 2.45) is 0 Å². The highest BCUT2D eigenvalue weighted by Gasteiger charge is 1.97. The third-order valence-electron chi connectivity index (χ3n) is 2.52. The second-order valence-electron chi connectivity index (χ2n) is 3.93. The van der Waals surface area contributed by atoms with Gasteiger partial charge in [-0.2, -0.15) is 0 Å². The molecular formula is C13H17ClO2. The summed E-state index contributed by atoms with van der Waals surface area (Å²) >= 11 is 5.79. The Bertz CT molecular complexity index is 319. The van der Waals surface area contributed by atoms with Crippen molar-refractivity contribution in [3.8, 4) is 0 Å². The van der Waals surface area contributed by atoms with Gasteiger partial charge in [0.2, 0.25) is 0 Å². The van der Waals surface area contributed by atoms with Crippen LogP contribution in [0.5, 0.6) is 0 Å². The van der Waals surface area contributed by atoms with Crippen LogP contribution >= 0.6 is 11.6 Å². The van der Waals surface area contributed by atoms with E-state index in [2.05, 4.69) is 0 Å². The molecule has 1 aromatic rings. The number of carboxylic acid groups (broad SMARTS) is 1. The molecule has 0 saturated carbocycles. The largest absolute Gasteiger partial charge is 0.481 e. The van der Waals surface area contributed by atoms with Crippen LogP contribution in [0, 0.1) is 0 Å². The molecule has 0 amide bonds. The van der Waals surface area contributed by atoms with Crippen molar-refractivity contribution < 1.29 is 9.90 Å². The van der Waals surface area contributed by atoms with Crippen molar-refractivity contribution in [1.82, 2.24) is 0 Å². The van der Waals surface area contributed by atoms with Gasteiger partial charge >= 0.3 is 5.97 Å². The summed E-state index contributed by atoms with van der Waals surface area (Å²) in [4.78, 5) is 10.3. The van der Waals surface area contributed by atoms with Gasteiger partial charge in [0.1, 0.15) is 0 Å². The predicted octanol–water partition coefficient (Wildman–Crippen LogP) is 3.92. The number of aryl methyl sites for hydroxylation is 1. The maximum Gasteiger partial charge on any atom is 0.303 e. The molecule has 0 bridgehead atoms. The maximum atomic E-state index is 10.3.